The minimum Gasteiger partial charge on any atom is -0.481 e. The molecule has 0 radical (unpaired) electrons. The Hall–Kier alpha value is -2.24. The van der Waals surface area contributed by atoms with Crippen molar-refractivity contribution in [3.8, 4) is 0 Å². The molecule has 1 aromatic carbocycles. The molecule has 6 heteroatoms. The predicted octanol–water partition coefficient (Wildman–Crippen LogP) is 3.57. The first-order chi connectivity index (χ1) is 11.2. The van der Waals surface area contributed by atoms with E-state index in [-0.39, 0.29) is 6.42 Å². The maximum Gasteiger partial charge on any atom is 0.408 e. The Kier molecular flexibility index (Phi) is 7.07. The van der Waals surface area contributed by atoms with Crippen molar-refractivity contribution in [1.29, 1.82) is 0 Å². The molecule has 0 aliphatic heterocycles. The third kappa shape index (κ3) is 6.48. The van der Waals surface area contributed by atoms with Crippen LogP contribution in [-0.2, 0) is 9.53 Å². The van der Waals surface area contributed by atoms with Gasteiger partial charge in [0.1, 0.15) is 5.60 Å². The van der Waals surface area contributed by atoms with Crippen LogP contribution in [0.4, 0.5) is 10.5 Å². The first-order valence-corrected chi connectivity index (χ1v) is 8.22. The lowest BCUT2D eigenvalue weighted by atomic mass is 10.0. The van der Waals surface area contributed by atoms with Crippen molar-refractivity contribution in [3.05, 3.63) is 29.8 Å². The van der Waals surface area contributed by atoms with Gasteiger partial charge in [0.25, 0.3) is 0 Å². The summed E-state index contributed by atoms with van der Waals surface area (Å²) in [7, 11) is 0. The fourth-order valence-electron chi connectivity index (χ4n) is 2.38. The summed E-state index contributed by atoms with van der Waals surface area (Å²) < 4.78 is 5.22. The maximum atomic E-state index is 12.0. The molecule has 0 saturated heterocycles. The van der Waals surface area contributed by atoms with Crippen LogP contribution >= 0.6 is 0 Å². The van der Waals surface area contributed by atoms with Crippen molar-refractivity contribution in [3.63, 3.8) is 0 Å². The molecule has 24 heavy (non-hydrogen) atoms. The molecule has 1 atom stereocenters. The second kappa shape index (κ2) is 8.57. The first kappa shape index (κ1) is 19.8. The molecule has 0 unspecified atom stereocenters. The predicted molar refractivity (Wildman–Crippen MR) is 94.4 cm³/mol. The van der Waals surface area contributed by atoms with Crippen molar-refractivity contribution in [2.75, 3.05) is 18.0 Å². The molecule has 2 N–H and O–H groups in total. The monoisotopic (exact) mass is 336 g/mol. The van der Waals surface area contributed by atoms with E-state index in [1.807, 2.05) is 24.3 Å². The normalized spacial score (nSPS) is 12.4. The van der Waals surface area contributed by atoms with Gasteiger partial charge in [-0.15, -0.1) is 0 Å². The van der Waals surface area contributed by atoms with E-state index < -0.39 is 23.7 Å². The molecule has 0 fully saturated rings. The molecular weight excluding hydrogens is 308 g/mol. The average molecular weight is 336 g/mol. The Labute approximate surface area is 143 Å². The van der Waals surface area contributed by atoms with Gasteiger partial charge in [0.05, 0.1) is 12.5 Å². The minimum absolute atomic E-state index is 0.205. The molecule has 1 rings (SSSR count). The number of anilines is 1. The number of benzene rings is 1. The molecule has 0 aromatic heterocycles. The highest BCUT2D eigenvalue weighted by atomic mass is 16.6. The average Bonchev–Trinajstić information content (AvgIpc) is 2.46. The number of amides is 1. The summed E-state index contributed by atoms with van der Waals surface area (Å²) in [5, 5.41) is 11.8. The molecule has 1 amide bonds. The molecule has 6 nitrogen and oxygen atoms in total. The largest absolute Gasteiger partial charge is 0.481 e. The van der Waals surface area contributed by atoms with Crippen molar-refractivity contribution in [2.24, 2.45) is 0 Å². The Bertz CT molecular complexity index is 545. The second-order valence-corrected chi connectivity index (χ2v) is 6.56. The van der Waals surface area contributed by atoms with Crippen LogP contribution in [0.15, 0.2) is 24.3 Å². The summed E-state index contributed by atoms with van der Waals surface area (Å²) in [5.41, 5.74) is 1.17. The van der Waals surface area contributed by atoms with Crippen molar-refractivity contribution >= 4 is 17.7 Å². The van der Waals surface area contributed by atoms with Gasteiger partial charge in [0, 0.05) is 18.8 Å². The lowest BCUT2D eigenvalue weighted by molar-refractivity contribution is -0.137. The third-order valence-corrected chi connectivity index (χ3v) is 3.49. The first-order valence-electron chi connectivity index (χ1n) is 8.22. The topological polar surface area (TPSA) is 78.9 Å². The summed E-state index contributed by atoms with van der Waals surface area (Å²) in [6.07, 6.45) is -0.828. The fraction of sp³-hybridized carbons (Fsp3) is 0.556. The van der Waals surface area contributed by atoms with Crippen LogP contribution in [0.1, 0.15) is 52.6 Å². The molecular formula is C18H28N2O4. The highest BCUT2D eigenvalue weighted by Crippen LogP contribution is 2.22. The van der Waals surface area contributed by atoms with Gasteiger partial charge < -0.3 is 20.1 Å². The molecule has 0 spiro atoms. The van der Waals surface area contributed by atoms with Crippen LogP contribution in [0.25, 0.3) is 0 Å². The number of hydrogen-bond acceptors (Lipinski definition) is 4. The third-order valence-electron chi connectivity index (χ3n) is 3.49. The Morgan fingerprint density at radius 2 is 1.71 bits per heavy atom. The van der Waals surface area contributed by atoms with E-state index in [1.165, 1.54) is 0 Å². The zero-order chi connectivity index (χ0) is 18.3. The number of carboxylic acids is 1. The molecule has 1 aromatic rings. The molecule has 0 heterocycles. The van der Waals surface area contributed by atoms with E-state index in [9.17, 15) is 9.59 Å². The van der Waals surface area contributed by atoms with Crippen LogP contribution in [0.3, 0.4) is 0 Å². The van der Waals surface area contributed by atoms with E-state index in [0.717, 1.165) is 24.3 Å². The number of rotatable bonds is 7. The van der Waals surface area contributed by atoms with Crippen molar-refractivity contribution in [2.45, 2.75) is 52.7 Å². The zero-order valence-corrected chi connectivity index (χ0v) is 15.1. The van der Waals surface area contributed by atoms with Gasteiger partial charge in [-0.2, -0.15) is 0 Å². The van der Waals surface area contributed by atoms with Crippen LogP contribution < -0.4 is 10.2 Å². The lowest BCUT2D eigenvalue weighted by Crippen LogP contribution is -2.35. The number of aliphatic carboxylic acids is 1. The molecule has 0 aliphatic rings. The number of carboxylic acid groups (broad SMARTS) is 1. The highest BCUT2D eigenvalue weighted by Gasteiger charge is 2.22. The second-order valence-electron chi connectivity index (χ2n) is 6.56. The highest BCUT2D eigenvalue weighted by molar-refractivity contribution is 5.72. The molecule has 0 saturated carbocycles. The number of ether oxygens (including phenoxy) is 1. The lowest BCUT2D eigenvalue weighted by Gasteiger charge is -2.24. The maximum absolute atomic E-state index is 12.0. The van der Waals surface area contributed by atoms with E-state index in [2.05, 4.69) is 24.1 Å². The van der Waals surface area contributed by atoms with E-state index in [4.69, 9.17) is 9.84 Å². The standard InChI is InChI=1S/C18H28N2O4/c1-6-20(7-2)14-10-8-13(9-11-14)15(12-16(21)22)19-17(23)24-18(3,4)5/h8-11,15H,6-7,12H2,1-5H3,(H,19,23)(H,21,22)/t15-/m1/s1. The van der Waals surface area contributed by atoms with Gasteiger partial charge in [-0.25, -0.2) is 4.79 Å². The van der Waals surface area contributed by atoms with Crippen LogP contribution in [0.5, 0.6) is 0 Å². The van der Waals surface area contributed by atoms with Gasteiger partial charge in [-0.05, 0) is 52.3 Å². The summed E-state index contributed by atoms with van der Waals surface area (Å²) >= 11 is 0. The van der Waals surface area contributed by atoms with Gasteiger partial charge >= 0.3 is 12.1 Å². The van der Waals surface area contributed by atoms with Gasteiger partial charge in [-0.3, -0.25) is 4.79 Å². The Morgan fingerprint density at radius 3 is 2.12 bits per heavy atom. The van der Waals surface area contributed by atoms with Gasteiger partial charge in [0.15, 0.2) is 0 Å². The number of carbonyl (C=O) groups excluding carboxylic acids is 1. The van der Waals surface area contributed by atoms with Crippen molar-refractivity contribution in [1.82, 2.24) is 5.32 Å². The van der Waals surface area contributed by atoms with E-state index in [1.54, 1.807) is 20.8 Å². The number of nitrogens with zero attached hydrogens (tertiary/aromatic N) is 1. The Balaban J connectivity index is 2.91. The Morgan fingerprint density at radius 1 is 1.17 bits per heavy atom. The smallest absolute Gasteiger partial charge is 0.408 e. The molecule has 0 aliphatic carbocycles. The number of nitrogens with one attached hydrogen (secondary N) is 1. The van der Waals surface area contributed by atoms with E-state index >= 15 is 0 Å². The summed E-state index contributed by atoms with van der Waals surface area (Å²) in [6, 6.07) is 6.93. The quantitative estimate of drug-likeness (QED) is 0.796. The summed E-state index contributed by atoms with van der Waals surface area (Å²) in [5.74, 6) is -0.983. The van der Waals surface area contributed by atoms with Crippen LogP contribution in [0, 0.1) is 0 Å². The number of hydrogen-bond donors (Lipinski definition) is 2. The minimum atomic E-state index is -0.983. The van der Waals surface area contributed by atoms with Crippen LogP contribution in [-0.4, -0.2) is 35.9 Å². The molecule has 134 valence electrons. The van der Waals surface area contributed by atoms with Crippen LogP contribution in [0.2, 0.25) is 0 Å². The van der Waals surface area contributed by atoms with Gasteiger partial charge in [0.2, 0.25) is 0 Å². The summed E-state index contributed by atoms with van der Waals surface area (Å²) in [4.78, 5) is 25.3. The SMILES string of the molecule is CCN(CC)c1ccc([C@@H](CC(=O)O)NC(=O)OC(C)(C)C)cc1. The molecule has 0 bridgehead atoms. The zero-order valence-electron chi connectivity index (χ0n) is 15.1. The fourth-order valence-corrected chi connectivity index (χ4v) is 2.38. The van der Waals surface area contributed by atoms with E-state index in [0.29, 0.717) is 0 Å². The van der Waals surface area contributed by atoms with Gasteiger partial charge in [-0.1, -0.05) is 12.1 Å². The van der Waals surface area contributed by atoms with Crippen molar-refractivity contribution < 1.29 is 19.4 Å². The summed E-state index contributed by atoms with van der Waals surface area (Å²) in [6.45, 7) is 11.2. The number of alkyl carbamates (subject to hydrolysis) is 1. The number of carbonyl (C=O) groups is 2.